The molecule has 132 valence electrons. The lowest BCUT2D eigenvalue weighted by molar-refractivity contribution is -0.0914. The van der Waals surface area contributed by atoms with Crippen LogP contribution in [0.5, 0.6) is 0 Å². The lowest BCUT2D eigenvalue weighted by atomic mass is 10.0. The normalized spacial score (nSPS) is 11.4. The van der Waals surface area contributed by atoms with Crippen LogP contribution in [0.4, 0.5) is 5.82 Å². The highest BCUT2D eigenvalue weighted by Crippen LogP contribution is 2.41. The van der Waals surface area contributed by atoms with Crippen molar-refractivity contribution < 1.29 is 9.47 Å². The van der Waals surface area contributed by atoms with Crippen LogP contribution in [0.1, 0.15) is 11.8 Å². The summed E-state index contributed by atoms with van der Waals surface area (Å²) < 4.78 is 11.6. The Morgan fingerprint density at radius 3 is 2.52 bits per heavy atom. The average Bonchev–Trinajstić information content (AvgIpc) is 3.02. The average molecular weight is 422 g/mol. The molecule has 0 aliphatic rings. The van der Waals surface area contributed by atoms with Crippen molar-refractivity contribution >= 4 is 43.3 Å². The molecule has 0 atom stereocenters. The quantitative estimate of drug-likeness (QED) is 0.559. The molecule has 0 fully saturated rings. The van der Waals surface area contributed by atoms with E-state index in [0.717, 1.165) is 26.9 Å². The van der Waals surface area contributed by atoms with Gasteiger partial charge in [-0.05, 0) is 24.1 Å². The van der Waals surface area contributed by atoms with Crippen molar-refractivity contribution in [3.05, 3.63) is 39.9 Å². The van der Waals surface area contributed by atoms with Gasteiger partial charge < -0.3 is 14.8 Å². The zero-order valence-corrected chi connectivity index (χ0v) is 16.8. The lowest BCUT2D eigenvalue weighted by Crippen LogP contribution is -2.24. The second-order valence-corrected chi connectivity index (χ2v) is 7.44. The van der Waals surface area contributed by atoms with E-state index in [1.165, 1.54) is 16.0 Å². The predicted molar refractivity (Wildman–Crippen MR) is 106 cm³/mol. The van der Waals surface area contributed by atoms with Crippen LogP contribution < -0.4 is 5.32 Å². The molecule has 0 saturated carbocycles. The van der Waals surface area contributed by atoms with Crippen molar-refractivity contribution in [1.82, 2.24) is 9.97 Å². The van der Waals surface area contributed by atoms with Gasteiger partial charge in [0.05, 0.1) is 11.9 Å². The van der Waals surface area contributed by atoms with E-state index in [1.807, 2.05) is 0 Å². The molecule has 0 radical (unpaired) electrons. The largest absolute Gasteiger partial charge is 0.364 e. The van der Waals surface area contributed by atoms with Gasteiger partial charge >= 0.3 is 0 Å². The lowest BCUT2D eigenvalue weighted by Gasteiger charge is -2.15. The van der Waals surface area contributed by atoms with Gasteiger partial charge in [0.25, 0.3) is 0 Å². The summed E-state index contributed by atoms with van der Waals surface area (Å²) in [5.41, 5.74) is 2.36. The Morgan fingerprint density at radius 1 is 1.16 bits per heavy atom. The van der Waals surface area contributed by atoms with E-state index in [4.69, 9.17) is 9.47 Å². The molecule has 1 N–H and O–H groups in total. The Labute approximate surface area is 159 Å². The summed E-state index contributed by atoms with van der Waals surface area (Å²) in [6.07, 6.45) is 2.22. The zero-order chi connectivity index (χ0) is 17.8. The molecule has 25 heavy (non-hydrogen) atoms. The van der Waals surface area contributed by atoms with Crippen molar-refractivity contribution in [3.63, 3.8) is 0 Å². The fraction of sp³-hybridized carbons (Fsp3) is 0.333. The van der Waals surface area contributed by atoms with Crippen LogP contribution in [0.25, 0.3) is 21.3 Å². The van der Waals surface area contributed by atoms with Gasteiger partial charge in [0.15, 0.2) is 6.29 Å². The summed E-state index contributed by atoms with van der Waals surface area (Å²) in [6.45, 7) is 2.68. The van der Waals surface area contributed by atoms with Crippen LogP contribution in [0.15, 0.2) is 35.1 Å². The Bertz CT molecular complexity index is 847. The number of rotatable bonds is 7. The molecule has 5 nitrogen and oxygen atoms in total. The highest BCUT2D eigenvalue weighted by Gasteiger charge is 2.18. The first-order chi connectivity index (χ1) is 12.2. The summed E-state index contributed by atoms with van der Waals surface area (Å²) in [4.78, 5) is 11.2. The summed E-state index contributed by atoms with van der Waals surface area (Å²) >= 11 is 5.22. The number of fused-ring (bicyclic) bond motifs is 1. The van der Waals surface area contributed by atoms with Crippen LogP contribution >= 0.6 is 27.3 Å². The molecule has 3 aromatic rings. The molecule has 7 heteroatoms. The van der Waals surface area contributed by atoms with Gasteiger partial charge in [-0.3, -0.25) is 0 Å². The van der Waals surface area contributed by atoms with E-state index in [-0.39, 0.29) is 6.29 Å². The van der Waals surface area contributed by atoms with Gasteiger partial charge in [0.2, 0.25) is 0 Å². The molecule has 0 spiro atoms. The number of ether oxygens (including phenoxy) is 2. The number of hydrogen-bond donors (Lipinski definition) is 1. The third-order valence-electron chi connectivity index (χ3n) is 3.98. The van der Waals surface area contributed by atoms with Crippen molar-refractivity contribution in [2.24, 2.45) is 0 Å². The number of hydrogen-bond acceptors (Lipinski definition) is 6. The SMILES string of the molecule is CCc1sc2ncnc(NCC(OC)OC)c2c1-c1ccc(Br)cc1. The molecule has 0 saturated heterocycles. The van der Waals surface area contributed by atoms with E-state index in [0.29, 0.717) is 6.54 Å². The van der Waals surface area contributed by atoms with Gasteiger partial charge in [-0.1, -0.05) is 35.0 Å². The molecular weight excluding hydrogens is 402 g/mol. The minimum Gasteiger partial charge on any atom is -0.364 e. The van der Waals surface area contributed by atoms with Crippen LogP contribution in [0.3, 0.4) is 0 Å². The van der Waals surface area contributed by atoms with E-state index in [2.05, 4.69) is 62.4 Å². The Hall–Kier alpha value is -1.54. The fourth-order valence-corrected chi connectivity index (χ4v) is 4.09. The standard InChI is InChI=1S/C18H20BrN3O2S/c1-4-13-15(11-5-7-12(19)8-6-11)16-17(20-9-14(23-2)24-3)21-10-22-18(16)25-13/h5-8,10,14H,4,9H2,1-3H3,(H,20,21,22). The maximum atomic E-state index is 5.26. The maximum absolute atomic E-state index is 5.26. The monoisotopic (exact) mass is 421 g/mol. The third-order valence-corrected chi connectivity index (χ3v) is 5.75. The maximum Gasteiger partial charge on any atom is 0.173 e. The number of anilines is 1. The molecule has 0 aliphatic carbocycles. The van der Waals surface area contributed by atoms with E-state index >= 15 is 0 Å². The second kappa shape index (κ2) is 8.23. The van der Waals surface area contributed by atoms with Gasteiger partial charge in [0.1, 0.15) is 17.0 Å². The van der Waals surface area contributed by atoms with Gasteiger partial charge in [-0.15, -0.1) is 11.3 Å². The summed E-state index contributed by atoms with van der Waals surface area (Å²) in [6, 6.07) is 8.35. The van der Waals surface area contributed by atoms with E-state index < -0.39 is 0 Å². The van der Waals surface area contributed by atoms with E-state index in [9.17, 15) is 0 Å². The minimum atomic E-state index is -0.328. The Balaban J connectivity index is 2.09. The number of aryl methyl sites for hydroxylation is 1. The van der Waals surface area contributed by atoms with Crippen molar-refractivity contribution in [3.8, 4) is 11.1 Å². The summed E-state index contributed by atoms with van der Waals surface area (Å²) in [5.74, 6) is 0.804. The number of nitrogens with one attached hydrogen (secondary N) is 1. The highest BCUT2D eigenvalue weighted by atomic mass is 79.9. The van der Waals surface area contributed by atoms with Crippen molar-refractivity contribution in [2.45, 2.75) is 19.6 Å². The molecule has 3 rings (SSSR count). The second-order valence-electron chi connectivity index (χ2n) is 5.44. The predicted octanol–water partition coefficient (Wildman–Crippen LogP) is 4.71. The van der Waals surface area contributed by atoms with Crippen LogP contribution in [-0.4, -0.2) is 37.0 Å². The number of benzene rings is 1. The number of halogens is 1. The molecule has 1 aromatic carbocycles. The first kappa shape index (κ1) is 18.3. The molecule has 2 aromatic heterocycles. The molecule has 2 heterocycles. The topological polar surface area (TPSA) is 56.3 Å². The molecular formula is C18H20BrN3O2S. The van der Waals surface area contributed by atoms with E-state index in [1.54, 1.807) is 31.9 Å². The third kappa shape index (κ3) is 3.84. The number of nitrogens with zero attached hydrogens (tertiary/aromatic N) is 2. The first-order valence-corrected chi connectivity index (χ1v) is 9.60. The minimum absolute atomic E-state index is 0.328. The van der Waals surface area contributed by atoms with Gasteiger partial charge in [0, 0.05) is 29.1 Å². The zero-order valence-electron chi connectivity index (χ0n) is 14.4. The molecule has 0 amide bonds. The summed E-state index contributed by atoms with van der Waals surface area (Å²) in [7, 11) is 3.25. The van der Waals surface area contributed by atoms with Crippen LogP contribution in [0.2, 0.25) is 0 Å². The van der Waals surface area contributed by atoms with Crippen LogP contribution in [0, 0.1) is 0 Å². The first-order valence-electron chi connectivity index (χ1n) is 7.99. The van der Waals surface area contributed by atoms with Gasteiger partial charge in [-0.25, -0.2) is 9.97 Å². The molecule has 0 bridgehead atoms. The molecule has 0 unspecified atom stereocenters. The van der Waals surface area contributed by atoms with Crippen molar-refractivity contribution in [2.75, 3.05) is 26.1 Å². The fourth-order valence-electron chi connectivity index (χ4n) is 2.73. The summed E-state index contributed by atoms with van der Waals surface area (Å²) in [5, 5.41) is 4.40. The molecule has 0 aliphatic heterocycles. The van der Waals surface area contributed by atoms with Gasteiger partial charge in [-0.2, -0.15) is 0 Å². The Kier molecular flexibility index (Phi) is 6.01. The highest BCUT2D eigenvalue weighted by molar-refractivity contribution is 9.10. The van der Waals surface area contributed by atoms with Crippen molar-refractivity contribution in [1.29, 1.82) is 0 Å². The number of thiophene rings is 1. The van der Waals surface area contributed by atoms with Crippen LogP contribution in [-0.2, 0) is 15.9 Å². The number of methoxy groups -OCH3 is 2. The smallest absolute Gasteiger partial charge is 0.173 e. The Morgan fingerprint density at radius 2 is 1.88 bits per heavy atom. The number of aromatic nitrogens is 2.